The lowest BCUT2D eigenvalue weighted by Crippen LogP contribution is -2.19. The number of nitrogens with one attached hydrogen (secondary N) is 1. The molecule has 10 heteroatoms. The van der Waals surface area contributed by atoms with Gasteiger partial charge >= 0.3 is 5.92 Å². The average Bonchev–Trinajstić information content (AvgIpc) is 3.31. The van der Waals surface area contributed by atoms with E-state index in [1.54, 1.807) is 19.2 Å². The molecule has 0 atom stereocenters. The molecule has 3 aromatic carbocycles. The van der Waals surface area contributed by atoms with E-state index in [1.165, 1.54) is 17.4 Å². The van der Waals surface area contributed by atoms with Gasteiger partial charge in [0.15, 0.2) is 0 Å². The number of anilines is 2. The minimum atomic E-state index is -3.49. The number of aromatic nitrogens is 3. The molecule has 0 unspecified atom stereocenters. The SMILES string of the molecule is COc1ccc2nc(Cc3cc(C(F)(F)c4ccc(F)cc4)nc(Nc4ccc(CCO)cc4)n3)sc2c1. The summed E-state index contributed by atoms with van der Waals surface area (Å²) in [5.74, 6) is -3.40. The number of halogens is 3. The van der Waals surface area contributed by atoms with Gasteiger partial charge in [-0.1, -0.05) is 12.1 Å². The minimum absolute atomic E-state index is 0.00280. The minimum Gasteiger partial charge on any atom is -0.497 e. The van der Waals surface area contributed by atoms with E-state index in [0.29, 0.717) is 28.6 Å². The Kier molecular flexibility index (Phi) is 7.26. The second-order valence-electron chi connectivity index (χ2n) is 8.56. The number of benzene rings is 3. The zero-order valence-electron chi connectivity index (χ0n) is 20.3. The fourth-order valence-electron chi connectivity index (χ4n) is 3.94. The topological polar surface area (TPSA) is 80.2 Å². The number of aliphatic hydroxyl groups excluding tert-OH is 1. The van der Waals surface area contributed by atoms with Gasteiger partial charge in [-0.25, -0.2) is 19.3 Å². The highest BCUT2D eigenvalue weighted by molar-refractivity contribution is 7.18. The zero-order valence-corrected chi connectivity index (χ0v) is 21.1. The average molecular weight is 537 g/mol. The van der Waals surface area contributed by atoms with E-state index >= 15 is 8.78 Å². The van der Waals surface area contributed by atoms with E-state index in [9.17, 15) is 4.39 Å². The number of hydrogen-bond acceptors (Lipinski definition) is 7. The van der Waals surface area contributed by atoms with Crippen LogP contribution in [0.3, 0.4) is 0 Å². The van der Waals surface area contributed by atoms with E-state index in [-0.39, 0.29) is 24.5 Å². The Morgan fingerprint density at radius 3 is 2.42 bits per heavy atom. The van der Waals surface area contributed by atoms with Crippen LogP contribution in [0, 0.1) is 5.82 Å². The van der Waals surface area contributed by atoms with Crippen LogP contribution in [0.15, 0.2) is 72.8 Å². The molecule has 38 heavy (non-hydrogen) atoms. The van der Waals surface area contributed by atoms with Crippen LogP contribution in [0.1, 0.15) is 27.5 Å². The van der Waals surface area contributed by atoms with Crippen molar-refractivity contribution in [2.45, 2.75) is 18.8 Å². The van der Waals surface area contributed by atoms with Gasteiger partial charge in [0.25, 0.3) is 0 Å². The quantitative estimate of drug-likeness (QED) is 0.232. The Balaban J connectivity index is 1.51. The van der Waals surface area contributed by atoms with Crippen molar-refractivity contribution in [1.82, 2.24) is 15.0 Å². The maximum absolute atomic E-state index is 15.6. The summed E-state index contributed by atoms with van der Waals surface area (Å²) >= 11 is 1.43. The highest BCUT2D eigenvalue weighted by Crippen LogP contribution is 2.36. The Labute approximate surface area is 220 Å². The molecule has 0 radical (unpaired) electrons. The molecule has 0 bridgehead atoms. The highest BCUT2D eigenvalue weighted by atomic mass is 32.1. The molecule has 5 rings (SSSR count). The fraction of sp³-hybridized carbons (Fsp3) is 0.179. The van der Waals surface area contributed by atoms with Gasteiger partial charge in [0.1, 0.15) is 17.3 Å². The largest absolute Gasteiger partial charge is 0.497 e. The third-order valence-corrected chi connectivity index (χ3v) is 6.91. The standard InChI is InChI=1S/C28H23F3N4O2S/c1-37-22-10-11-23-24(16-22)38-26(34-23)15-21-14-25(28(30,31)18-4-6-19(29)7-5-18)35-27(33-21)32-20-8-2-17(3-9-20)12-13-36/h2-11,14,16,36H,12-13,15H2,1H3,(H,32,33,35). The second kappa shape index (κ2) is 10.8. The Hall–Kier alpha value is -4.02. The van der Waals surface area contributed by atoms with Crippen molar-refractivity contribution >= 4 is 33.2 Å². The predicted molar refractivity (Wildman–Crippen MR) is 141 cm³/mol. The number of nitrogens with zero attached hydrogens (tertiary/aromatic N) is 3. The van der Waals surface area contributed by atoms with Gasteiger partial charge in [0, 0.05) is 24.3 Å². The Bertz CT molecular complexity index is 1560. The van der Waals surface area contributed by atoms with Crippen LogP contribution in [-0.2, 0) is 18.8 Å². The number of rotatable bonds is 9. The molecule has 2 N–H and O–H groups in total. The third kappa shape index (κ3) is 5.61. The molecule has 0 aliphatic rings. The summed E-state index contributed by atoms with van der Waals surface area (Å²) in [6, 6.07) is 18.0. The van der Waals surface area contributed by atoms with Gasteiger partial charge in [0.05, 0.1) is 28.0 Å². The van der Waals surface area contributed by atoms with Gasteiger partial charge in [-0.05, 0) is 72.6 Å². The molecule has 0 saturated carbocycles. The number of hydrogen-bond donors (Lipinski definition) is 2. The molecule has 0 spiro atoms. The monoisotopic (exact) mass is 536 g/mol. The van der Waals surface area contributed by atoms with Crippen molar-refractivity contribution in [1.29, 1.82) is 0 Å². The number of methoxy groups -OCH3 is 1. The molecule has 2 heterocycles. The molecule has 2 aromatic heterocycles. The maximum atomic E-state index is 15.6. The van der Waals surface area contributed by atoms with Crippen LogP contribution in [-0.4, -0.2) is 33.8 Å². The maximum Gasteiger partial charge on any atom is 0.315 e. The van der Waals surface area contributed by atoms with Crippen LogP contribution in [0.4, 0.5) is 24.8 Å². The molecule has 0 aliphatic heterocycles. The summed E-state index contributed by atoms with van der Waals surface area (Å²) in [6.07, 6.45) is 0.717. The first-order chi connectivity index (χ1) is 18.3. The fourth-order valence-corrected chi connectivity index (χ4v) is 4.95. The smallest absolute Gasteiger partial charge is 0.315 e. The van der Waals surface area contributed by atoms with Gasteiger partial charge in [-0.3, -0.25) is 0 Å². The zero-order chi connectivity index (χ0) is 26.7. The molecule has 6 nitrogen and oxygen atoms in total. The highest BCUT2D eigenvalue weighted by Gasteiger charge is 2.36. The van der Waals surface area contributed by atoms with Crippen LogP contribution in [0.2, 0.25) is 0 Å². The molecule has 0 amide bonds. The van der Waals surface area contributed by atoms with Crippen molar-refractivity contribution in [3.63, 3.8) is 0 Å². The molecule has 0 saturated heterocycles. The molecule has 194 valence electrons. The molecular weight excluding hydrogens is 513 g/mol. The van der Waals surface area contributed by atoms with Crippen molar-refractivity contribution in [3.8, 4) is 5.75 Å². The molecule has 0 aliphatic carbocycles. The summed E-state index contributed by atoms with van der Waals surface area (Å²) in [5.41, 5.74) is 1.77. The Morgan fingerprint density at radius 1 is 0.947 bits per heavy atom. The third-order valence-electron chi connectivity index (χ3n) is 5.89. The summed E-state index contributed by atoms with van der Waals surface area (Å²) in [4.78, 5) is 13.2. The molecule has 0 fully saturated rings. The summed E-state index contributed by atoms with van der Waals surface area (Å²) in [7, 11) is 1.58. The van der Waals surface area contributed by atoms with E-state index in [0.717, 1.165) is 40.0 Å². The normalized spacial score (nSPS) is 11.6. The van der Waals surface area contributed by atoms with Crippen molar-refractivity contribution in [3.05, 3.63) is 106 Å². The number of fused-ring (bicyclic) bond motifs is 1. The van der Waals surface area contributed by atoms with Crippen LogP contribution < -0.4 is 10.1 Å². The number of alkyl halides is 2. The van der Waals surface area contributed by atoms with Gasteiger partial charge < -0.3 is 15.2 Å². The van der Waals surface area contributed by atoms with Crippen molar-refractivity contribution in [2.75, 3.05) is 19.0 Å². The lowest BCUT2D eigenvalue weighted by molar-refractivity contribution is 0.0378. The second-order valence-corrected chi connectivity index (χ2v) is 9.68. The van der Waals surface area contributed by atoms with Gasteiger partial charge in [-0.15, -0.1) is 11.3 Å². The number of ether oxygens (including phenoxy) is 1. The Morgan fingerprint density at radius 2 is 1.71 bits per heavy atom. The lowest BCUT2D eigenvalue weighted by Gasteiger charge is -2.18. The van der Waals surface area contributed by atoms with Crippen LogP contribution in [0.25, 0.3) is 10.2 Å². The summed E-state index contributed by atoms with van der Waals surface area (Å²) in [6.45, 7) is 0.0261. The van der Waals surface area contributed by atoms with Crippen LogP contribution in [0.5, 0.6) is 5.75 Å². The van der Waals surface area contributed by atoms with Crippen LogP contribution >= 0.6 is 11.3 Å². The number of aliphatic hydroxyl groups is 1. The van der Waals surface area contributed by atoms with Gasteiger partial charge in [0.2, 0.25) is 5.95 Å². The first kappa shape index (κ1) is 25.6. The van der Waals surface area contributed by atoms with Crippen molar-refractivity contribution < 1.29 is 23.0 Å². The predicted octanol–water partition coefficient (Wildman–Crippen LogP) is 6.24. The lowest BCUT2D eigenvalue weighted by atomic mass is 10.0. The first-order valence-corrected chi connectivity index (χ1v) is 12.6. The number of thiazole rings is 1. The molecule has 5 aromatic rings. The van der Waals surface area contributed by atoms with Gasteiger partial charge in [-0.2, -0.15) is 8.78 Å². The first-order valence-electron chi connectivity index (χ1n) is 11.8. The van der Waals surface area contributed by atoms with E-state index in [4.69, 9.17) is 9.84 Å². The van der Waals surface area contributed by atoms with E-state index in [1.807, 2.05) is 30.3 Å². The summed E-state index contributed by atoms with van der Waals surface area (Å²) < 4.78 is 50.7. The summed E-state index contributed by atoms with van der Waals surface area (Å²) in [5, 5.41) is 12.8. The van der Waals surface area contributed by atoms with E-state index < -0.39 is 17.4 Å². The van der Waals surface area contributed by atoms with Crippen molar-refractivity contribution in [2.24, 2.45) is 0 Å². The molecular formula is C28H23F3N4O2S. The van der Waals surface area contributed by atoms with E-state index in [2.05, 4.69) is 20.3 Å².